The highest BCUT2D eigenvalue weighted by atomic mass is 32.1. The van der Waals surface area contributed by atoms with E-state index in [1.165, 1.54) is 26.9 Å². The van der Waals surface area contributed by atoms with Crippen LogP contribution in [0, 0.1) is 6.92 Å². The lowest BCUT2D eigenvalue weighted by atomic mass is 9.97. The predicted octanol–water partition coefficient (Wildman–Crippen LogP) is 3.60. The molecular weight excluding hydrogens is 302 g/mol. The van der Waals surface area contributed by atoms with Crippen molar-refractivity contribution >= 4 is 21.4 Å². The van der Waals surface area contributed by atoms with Gasteiger partial charge in [0.15, 0.2) is 0 Å². The molecule has 118 valence electrons. The molecule has 0 bridgehead atoms. The van der Waals surface area contributed by atoms with Crippen LogP contribution in [-0.2, 0) is 0 Å². The molecule has 1 fully saturated rings. The first kappa shape index (κ1) is 14.8. The number of aromatic nitrogens is 1. The van der Waals surface area contributed by atoms with E-state index in [1.807, 2.05) is 23.6 Å². The number of nitrogens with zero attached hydrogens (tertiary/aromatic N) is 2. The third-order valence-electron chi connectivity index (χ3n) is 4.63. The zero-order chi connectivity index (χ0) is 15.6. The fourth-order valence-electron chi connectivity index (χ4n) is 3.45. The molecule has 0 saturated carbocycles. The average molecular weight is 323 g/mol. The molecule has 4 heteroatoms. The van der Waals surface area contributed by atoms with Gasteiger partial charge in [0.25, 0.3) is 0 Å². The van der Waals surface area contributed by atoms with Crippen molar-refractivity contribution in [3.8, 4) is 0 Å². The van der Waals surface area contributed by atoms with E-state index in [9.17, 15) is 0 Å². The van der Waals surface area contributed by atoms with E-state index in [4.69, 9.17) is 4.98 Å². The summed E-state index contributed by atoms with van der Waals surface area (Å²) in [6, 6.07) is 13.2. The second-order valence-electron chi connectivity index (χ2n) is 6.08. The molecule has 2 aromatic heterocycles. The van der Waals surface area contributed by atoms with Gasteiger partial charge in [-0.3, -0.25) is 9.88 Å². The first-order valence-corrected chi connectivity index (χ1v) is 9.05. The van der Waals surface area contributed by atoms with Crippen LogP contribution in [0.15, 0.2) is 48.0 Å². The fraction of sp³-hybridized carbons (Fsp3) is 0.316. The summed E-state index contributed by atoms with van der Waals surface area (Å²) in [7, 11) is 0. The Morgan fingerprint density at radius 2 is 1.96 bits per heavy atom. The van der Waals surface area contributed by atoms with E-state index in [-0.39, 0.29) is 6.04 Å². The zero-order valence-corrected chi connectivity index (χ0v) is 14.1. The van der Waals surface area contributed by atoms with E-state index in [1.54, 1.807) is 0 Å². The van der Waals surface area contributed by atoms with Crippen molar-refractivity contribution in [1.82, 2.24) is 15.2 Å². The van der Waals surface area contributed by atoms with Crippen LogP contribution in [0.25, 0.3) is 10.1 Å². The summed E-state index contributed by atoms with van der Waals surface area (Å²) in [6.07, 6.45) is 1.92. The van der Waals surface area contributed by atoms with Gasteiger partial charge in [-0.2, -0.15) is 0 Å². The SMILES string of the molecule is Cc1cccnc1C(c1csc2ccccc12)N1CCNCC1. The summed E-state index contributed by atoms with van der Waals surface area (Å²) in [4.78, 5) is 7.33. The standard InChI is InChI=1S/C19H21N3S/c1-14-5-4-8-21-18(14)19(22-11-9-20-10-12-22)16-13-23-17-7-3-2-6-15(16)17/h2-8,13,19-20H,9-12H2,1H3. The van der Waals surface area contributed by atoms with Gasteiger partial charge in [-0.1, -0.05) is 24.3 Å². The van der Waals surface area contributed by atoms with Gasteiger partial charge < -0.3 is 5.32 Å². The van der Waals surface area contributed by atoms with Crippen LogP contribution < -0.4 is 5.32 Å². The molecule has 1 aliphatic heterocycles. The van der Waals surface area contributed by atoms with Crippen molar-refractivity contribution in [3.05, 3.63) is 64.8 Å². The Balaban J connectivity index is 1.86. The van der Waals surface area contributed by atoms with Crippen molar-refractivity contribution in [1.29, 1.82) is 0 Å². The maximum Gasteiger partial charge on any atom is 0.0794 e. The lowest BCUT2D eigenvalue weighted by Crippen LogP contribution is -2.45. The van der Waals surface area contributed by atoms with Gasteiger partial charge in [0.2, 0.25) is 0 Å². The number of aryl methyl sites for hydroxylation is 1. The largest absolute Gasteiger partial charge is 0.314 e. The number of fused-ring (bicyclic) bond motifs is 1. The van der Waals surface area contributed by atoms with E-state index in [0.717, 1.165) is 26.2 Å². The molecule has 1 atom stereocenters. The quantitative estimate of drug-likeness (QED) is 0.798. The third-order valence-corrected chi connectivity index (χ3v) is 5.61. The van der Waals surface area contributed by atoms with Crippen LogP contribution in [0.4, 0.5) is 0 Å². The molecule has 0 spiro atoms. The van der Waals surface area contributed by atoms with Crippen LogP contribution in [0.1, 0.15) is 22.9 Å². The van der Waals surface area contributed by atoms with Gasteiger partial charge in [-0.25, -0.2) is 0 Å². The molecule has 0 radical (unpaired) electrons. The normalized spacial score (nSPS) is 17.4. The van der Waals surface area contributed by atoms with Crippen LogP contribution in [-0.4, -0.2) is 36.1 Å². The Bertz CT molecular complexity index is 805. The Kier molecular flexibility index (Phi) is 4.12. The Labute approximate surface area is 141 Å². The van der Waals surface area contributed by atoms with Crippen molar-refractivity contribution in [2.45, 2.75) is 13.0 Å². The summed E-state index contributed by atoms with van der Waals surface area (Å²) in [5, 5.41) is 7.15. The molecule has 23 heavy (non-hydrogen) atoms. The number of hydrogen-bond donors (Lipinski definition) is 1. The monoisotopic (exact) mass is 323 g/mol. The zero-order valence-electron chi connectivity index (χ0n) is 13.3. The van der Waals surface area contributed by atoms with E-state index >= 15 is 0 Å². The second-order valence-corrected chi connectivity index (χ2v) is 6.99. The molecule has 1 saturated heterocycles. The lowest BCUT2D eigenvalue weighted by molar-refractivity contribution is 0.196. The molecule has 1 aromatic carbocycles. The van der Waals surface area contributed by atoms with Crippen LogP contribution in [0.5, 0.6) is 0 Å². The average Bonchev–Trinajstić information content (AvgIpc) is 3.02. The highest BCUT2D eigenvalue weighted by molar-refractivity contribution is 7.17. The molecule has 1 aliphatic rings. The number of rotatable bonds is 3. The minimum absolute atomic E-state index is 0.245. The summed E-state index contributed by atoms with van der Waals surface area (Å²) >= 11 is 1.84. The smallest absolute Gasteiger partial charge is 0.0794 e. The molecular formula is C19H21N3S. The first-order valence-electron chi connectivity index (χ1n) is 8.17. The Morgan fingerprint density at radius 3 is 2.78 bits per heavy atom. The van der Waals surface area contributed by atoms with Gasteiger partial charge in [-0.05, 0) is 40.9 Å². The maximum absolute atomic E-state index is 4.76. The minimum Gasteiger partial charge on any atom is -0.314 e. The Morgan fingerprint density at radius 1 is 1.13 bits per heavy atom. The number of benzene rings is 1. The van der Waals surface area contributed by atoms with Crippen molar-refractivity contribution in [2.24, 2.45) is 0 Å². The summed E-state index contributed by atoms with van der Waals surface area (Å²) < 4.78 is 1.36. The summed E-state index contributed by atoms with van der Waals surface area (Å²) in [6.45, 7) is 6.39. The second kappa shape index (κ2) is 6.40. The Hall–Kier alpha value is -1.75. The fourth-order valence-corrected chi connectivity index (χ4v) is 4.43. The van der Waals surface area contributed by atoms with Crippen LogP contribution in [0.2, 0.25) is 0 Å². The molecule has 3 aromatic rings. The van der Waals surface area contributed by atoms with Crippen LogP contribution >= 0.6 is 11.3 Å². The van der Waals surface area contributed by atoms with Gasteiger partial charge in [0.1, 0.15) is 0 Å². The van der Waals surface area contributed by atoms with E-state index in [0.29, 0.717) is 0 Å². The topological polar surface area (TPSA) is 28.2 Å². The van der Waals surface area contributed by atoms with Crippen molar-refractivity contribution in [3.63, 3.8) is 0 Å². The third kappa shape index (κ3) is 2.78. The van der Waals surface area contributed by atoms with Crippen molar-refractivity contribution in [2.75, 3.05) is 26.2 Å². The van der Waals surface area contributed by atoms with Crippen molar-refractivity contribution < 1.29 is 0 Å². The van der Waals surface area contributed by atoms with Gasteiger partial charge in [0, 0.05) is 37.1 Å². The molecule has 0 amide bonds. The van der Waals surface area contributed by atoms with Crippen LogP contribution in [0.3, 0.4) is 0 Å². The number of hydrogen-bond acceptors (Lipinski definition) is 4. The summed E-state index contributed by atoms with van der Waals surface area (Å²) in [5.41, 5.74) is 3.86. The van der Waals surface area contributed by atoms with E-state index < -0.39 is 0 Å². The lowest BCUT2D eigenvalue weighted by Gasteiger charge is -2.35. The molecule has 0 aliphatic carbocycles. The molecule has 1 unspecified atom stereocenters. The molecule has 3 heterocycles. The number of nitrogens with one attached hydrogen (secondary N) is 1. The van der Waals surface area contributed by atoms with Gasteiger partial charge >= 0.3 is 0 Å². The summed E-state index contributed by atoms with van der Waals surface area (Å²) in [5.74, 6) is 0. The molecule has 1 N–H and O–H groups in total. The first-order chi connectivity index (χ1) is 11.3. The number of pyridine rings is 1. The molecule has 3 nitrogen and oxygen atoms in total. The number of thiophene rings is 1. The minimum atomic E-state index is 0.245. The van der Waals surface area contributed by atoms with Gasteiger partial charge in [0.05, 0.1) is 11.7 Å². The maximum atomic E-state index is 4.76. The van der Waals surface area contributed by atoms with E-state index in [2.05, 4.69) is 52.9 Å². The number of piperazine rings is 1. The highest BCUT2D eigenvalue weighted by Crippen LogP contribution is 2.37. The predicted molar refractivity (Wildman–Crippen MR) is 97.1 cm³/mol. The van der Waals surface area contributed by atoms with Gasteiger partial charge in [-0.15, -0.1) is 11.3 Å². The highest BCUT2D eigenvalue weighted by Gasteiger charge is 2.28. The molecule has 4 rings (SSSR count).